The van der Waals surface area contributed by atoms with Gasteiger partial charge in [0.2, 0.25) is 0 Å². The second-order valence-corrected chi connectivity index (χ2v) is 4.28. The highest BCUT2D eigenvalue weighted by Crippen LogP contribution is 2.22. The first-order chi connectivity index (χ1) is 7.75. The van der Waals surface area contributed by atoms with E-state index in [1.807, 2.05) is 35.2 Å². The second-order valence-electron chi connectivity index (χ2n) is 3.56. The van der Waals surface area contributed by atoms with Crippen molar-refractivity contribution in [3.05, 3.63) is 35.2 Å². The summed E-state index contributed by atoms with van der Waals surface area (Å²) in [6, 6.07) is 7.70. The third-order valence-electron chi connectivity index (χ3n) is 2.07. The van der Waals surface area contributed by atoms with Crippen molar-refractivity contribution < 1.29 is 9.84 Å². The number of benzene rings is 1. The lowest BCUT2D eigenvalue weighted by molar-refractivity contribution is 0.123. The van der Waals surface area contributed by atoms with E-state index in [1.165, 1.54) is 0 Å². The monoisotopic (exact) mass is 235 g/mol. The number of nitrogens with zero attached hydrogens (tertiary/aromatic N) is 1. The number of hydrogen-bond acceptors (Lipinski definition) is 4. The molecule has 2 rings (SSSR count). The van der Waals surface area contributed by atoms with Gasteiger partial charge in [-0.05, 0) is 31.2 Å². The predicted molar refractivity (Wildman–Crippen MR) is 64.7 cm³/mol. The van der Waals surface area contributed by atoms with Crippen LogP contribution in [0.15, 0.2) is 35.2 Å². The Kier molecular flexibility index (Phi) is 3.54. The molecule has 0 aliphatic rings. The number of rotatable bonds is 4. The van der Waals surface area contributed by atoms with Gasteiger partial charge in [-0.3, -0.25) is 0 Å². The van der Waals surface area contributed by atoms with Crippen molar-refractivity contribution in [3.8, 4) is 17.0 Å². The summed E-state index contributed by atoms with van der Waals surface area (Å²) in [5.41, 5.74) is 3.87. The summed E-state index contributed by atoms with van der Waals surface area (Å²) < 4.78 is 5.37. The van der Waals surface area contributed by atoms with Gasteiger partial charge in [0.05, 0.1) is 17.3 Å². The number of aliphatic hydroxyl groups is 1. The van der Waals surface area contributed by atoms with E-state index in [0.29, 0.717) is 6.61 Å². The molecule has 0 radical (unpaired) electrons. The van der Waals surface area contributed by atoms with Crippen LogP contribution in [0, 0.1) is 0 Å². The molecule has 1 atom stereocenters. The third kappa shape index (κ3) is 2.81. The number of thiazole rings is 1. The Balaban J connectivity index is 2.05. The largest absolute Gasteiger partial charge is 0.491 e. The van der Waals surface area contributed by atoms with E-state index >= 15 is 0 Å². The number of hydrogen-bond donors (Lipinski definition) is 1. The predicted octanol–water partition coefficient (Wildman–Crippen LogP) is 2.57. The van der Waals surface area contributed by atoms with Gasteiger partial charge in [0.1, 0.15) is 12.4 Å². The number of aliphatic hydroxyl groups excluding tert-OH is 1. The van der Waals surface area contributed by atoms with Crippen molar-refractivity contribution in [2.75, 3.05) is 6.61 Å². The van der Waals surface area contributed by atoms with Crippen molar-refractivity contribution in [3.63, 3.8) is 0 Å². The quantitative estimate of drug-likeness (QED) is 0.885. The molecule has 0 fully saturated rings. The van der Waals surface area contributed by atoms with Crippen molar-refractivity contribution in [2.45, 2.75) is 13.0 Å². The lowest BCUT2D eigenvalue weighted by Crippen LogP contribution is -2.12. The Hall–Kier alpha value is -1.39. The van der Waals surface area contributed by atoms with E-state index in [1.54, 1.807) is 18.3 Å². The zero-order valence-corrected chi connectivity index (χ0v) is 9.78. The molecule has 3 nitrogen and oxygen atoms in total. The van der Waals surface area contributed by atoms with Crippen molar-refractivity contribution in [2.24, 2.45) is 0 Å². The van der Waals surface area contributed by atoms with Crippen LogP contribution in [0.25, 0.3) is 11.3 Å². The van der Waals surface area contributed by atoms with Crippen molar-refractivity contribution in [1.82, 2.24) is 4.98 Å². The van der Waals surface area contributed by atoms with Crippen molar-refractivity contribution in [1.29, 1.82) is 0 Å². The van der Waals surface area contributed by atoms with E-state index in [9.17, 15) is 0 Å². The summed E-state index contributed by atoms with van der Waals surface area (Å²) in [7, 11) is 0. The fourth-order valence-corrected chi connectivity index (χ4v) is 1.85. The molecular weight excluding hydrogens is 222 g/mol. The molecule has 0 aliphatic heterocycles. The van der Waals surface area contributed by atoms with Gasteiger partial charge in [0.25, 0.3) is 0 Å². The summed E-state index contributed by atoms with van der Waals surface area (Å²) in [6.45, 7) is 2.01. The maximum Gasteiger partial charge on any atom is 0.119 e. The van der Waals surface area contributed by atoms with Gasteiger partial charge < -0.3 is 9.84 Å². The molecule has 0 aliphatic carbocycles. The van der Waals surface area contributed by atoms with Crippen LogP contribution in [0.2, 0.25) is 0 Å². The van der Waals surface area contributed by atoms with Crippen LogP contribution in [0.1, 0.15) is 6.92 Å². The third-order valence-corrected chi connectivity index (χ3v) is 2.66. The molecule has 16 heavy (non-hydrogen) atoms. The zero-order chi connectivity index (χ0) is 11.4. The van der Waals surface area contributed by atoms with E-state index in [2.05, 4.69) is 4.98 Å². The van der Waals surface area contributed by atoms with Crippen LogP contribution in [-0.4, -0.2) is 22.8 Å². The molecule has 2 aromatic rings. The summed E-state index contributed by atoms with van der Waals surface area (Å²) in [5.74, 6) is 0.764. The first kappa shape index (κ1) is 11.1. The minimum absolute atomic E-state index is 0.316. The number of ether oxygens (including phenoxy) is 1. The molecule has 0 amide bonds. The van der Waals surface area contributed by atoms with Crippen LogP contribution in [0.4, 0.5) is 0 Å². The molecule has 4 heteroatoms. The first-order valence-electron chi connectivity index (χ1n) is 5.05. The Morgan fingerprint density at radius 3 is 2.69 bits per heavy atom. The Morgan fingerprint density at radius 2 is 2.12 bits per heavy atom. The van der Waals surface area contributed by atoms with E-state index in [4.69, 9.17) is 9.84 Å². The van der Waals surface area contributed by atoms with Crippen LogP contribution >= 0.6 is 11.3 Å². The summed E-state index contributed by atoms with van der Waals surface area (Å²) in [4.78, 5) is 4.23. The molecule has 84 valence electrons. The number of aromatic nitrogens is 1. The van der Waals surface area contributed by atoms with Crippen LogP contribution < -0.4 is 4.74 Å². The fourth-order valence-electron chi connectivity index (χ4n) is 1.29. The molecular formula is C12H13NO2S. The van der Waals surface area contributed by atoms with E-state index in [-0.39, 0.29) is 0 Å². The lowest BCUT2D eigenvalue weighted by Gasteiger charge is -2.08. The zero-order valence-electron chi connectivity index (χ0n) is 8.96. The van der Waals surface area contributed by atoms with Gasteiger partial charge >= 0.3 is 0 Å². The fraction of sp³-hybridized carbons (Fsp3) is 0.250. The molecule has 0 saturated heterocycles. The topological polar surface area (TPSA) is 42.4 Å². The summed E-state index contributed by atoms with van der Waals surface area (Å²) in [6.07, 6.45) is -0.446. The van der Waals surface area contributed by atoms with Gasteiger partial charge in [-0.15, -0.1) is 11.3 Å². The van der Waals surface area contributed by atoms with Gasteiger partial charge in [-0.25, -0.2) is 4.98 Å². The summed E-state index contributed by atoms with van der Waals surface area (Å²) >= 11 is 1.58. The molecule has 0 bridgehead atoms. The molecule has 1 aromatic heterocycles. The highest BCUT2D eigenvalue weighted by molar-refractivity contribution is 7.07. The molecule has 1 heterocycles. The Labute approximate surface area is 98.4 Å². The molecule has 0 saturated carbocycles. The minimum atomic E-state index is -0.446. The molecule has 0 spiro atoms. The van der Waals surface area contributed by atoms with E-state index in [0.717, 1.165) is 17.0 Å². The normalized spacial score (nSPS) is 12.4. The highest BCUT2D eigenvalue weighted by atomic mass is 32.1. The average molecular weight is 235 g/mol. The minimum Gasteiger partial charge on any atom is -0.491 e. The average Bonchev–Trinajstić information content (AvgIpc) is 2.80. The maximum atomic E-state index is 9.08. The first-order valence-corrected chi connectivity index (χ1v) is 5.99. The van der Waals surface area contributed by atoms with Crippen LogP contribution in [0.5, 0.6) is 5.75 Å². The molecule has 1 aromatic carbocycles. The Bertz CT molecular complexity index is 423. The lowest BCUT2D eigenvalue weighted by atomic mass is 10.2. The highest BCUT2D eigenvalue weighted by Gasteiger charge is 2.01. The van der Waals surface area contributed by atoms with Crippen LogP contribution in [-0.2, 0) is 0 Å². The SMILES string of the molecule is C[C@@H](O)COc1ccc(-c2cscn2)cc1. The van der Waals surface area contributed by atoms with E-state index < -0.39 is 6.10 Å². The summed E-state index contributed by atoms with van der Waals surface area (Å²) in [5, 5.41) is 11.1. The van der Waals surface area contributed by atoms with Crippen molar-refractivity contribution >= 4 is 11.3 Å². The van der Waals surface area contributed by atoms with Gasteiger partial charge in [-0.2, -0.15) is 0 Å². The Morgan fingerprint density at radius 1 is 1.38 bits per heavy atom. The smallest absolute Gasteiger partial charge is 0.119 e. The maximum absolute atomic E-state index is 9.08. The van der Waals surface area contributed by atoms with Gasteiger partial charge in [0, 0.05) is 10.9 Å². The standard InChI is InChI=1S/C12H13NO2S/c1-9(14)6-15-11-4-2-10(3-5-11)12-7-16-8-13-12/h2-5,7-9,14H,6H2,1H3/t9-/m1/s1. The van der Waals surface area contributed by atoms with Gasteiger partial charge in [-0.1, -0.05) is 0 Å². The second kappa shape index (κ2) is 5.09. The molecule has 1 N–H and O–H groups in total. The van der Waals surface area contributed by atoms with Crippen LogP contribution in [0.3, 0.4) is 0 Å². The molecule has 0 unspecified atom stereocenters. The van der Waals surface area contributed by atoms with Gasteiger partial charge in [0.15, 0.2) is 0 Å².